The SMILES string of the molecule is CC(=O)N(CCNC(=O)c1ccc(C)c(C)c1)CCc1c[nH]c2ccccc12. The van der Waals surface area contributed by atoms with Crippen LogP contribution in [0.15, 0.2) is 48.7 Å². The minimum atomic E-state index is -0.108. The maximum atomic E-state index is 12.3. The molecule has 0 aliphatic carbocycles. The van der Waals surface area contributed by atoms with Gasteiger partial charge in [-0.1, -0.05) is 24.3 Å². The van der Waals surface area contributed by atoms with Crippen LogP contribution in [0.4, 0.5) is 0 Å². The lowest BCUT2D eigenvalue weighted by atomic mass is 10.1. The molecule has 0 radical (unpaired) electrons. The molecule has 28 heavy (non-hydrogen) atoms. The molecule has 1 heterocycles. The van der Waals surface area contributed by atoms with E-state index in [9.17, 15) is 9.59 Å². The molecule has 146 valence electrons. The van der Waals surface area contributed by atoms with Gasteiger partial charge in [-0.2, -0.15) is 0 Å². The largest absolute Gasteiger partial charge is 0.361 e. The number of carbonyl (C=O) groups is 2. The summed E-state index contributed by atoms with van der Waals surface area (Å²) in [5.74, 6) is -0.0940. The number of fused-ring (bicyclic) bond motifs is 1. The number of hydrogen-bond donors (Lipinski definition) is 2. The summed E-state index contributed by atoms with van der Waals surface area (Å²) >= 11 is 0. The third-order valence-corrected chi connectivity index (χ3v) is 5.21. The Morgan fingerprint density at radius 2 is 1.82 bits per heavy atom. The van der Waals surface area contributed by atoms with E-state index in [1.165, 1.54) is 10.9 Å². The number of carbonyl (C=O) groups excluding carboxylic acids is 2. The fourth-order valence-electron chi connectivity index (χ4n) is 3.31. The summed E-state index contributed by atoms with van der Waals surface area (Å²) in [7, 11) is 0. The molecule has 2 amide bonds. The molecular formula is C23H27N3O2. The van der Waals surface area contributed by atoms with Crippen LogP contribution in [-0.2, 0) is 11.2 Å². The molecule has 0 aliphatic rings. The second kappa shape index (κ2) is 8.74. The van der Waals surface area contributed by atoms with Crippen LogP contribution in [0.3, 0.4) is 0 Å². The standard InChI is InChI=1S/C23H27N3O2/c1-16-8-9-19(14-17(16)2)23(28)24-11-13-26(18(3)27)12-10-20-15-25-22-7-5-4-6-21(20)22/h4-9,14-15,25H,10-13H2,1-3H3,(H,24,28). The number of aromatic amines is 1. The summed E-state index contributed by atoms with van der Waals surface area (Å²) in [6.07, 6.45) is 2.78. The second-order valence-corrected chi connectivity index (χ2v) is 7.17. The highest BCUT2D eigenvalue weighted by Crippen LogP contribution is 2.18. The zero-order valence-corrected chi connectivity index (χ0v) is 16.7. The van der Waals surface area contributed by atoms with Gasteiger partial charge in [-0.3, -0.25) is 9.59 Å². The molecule has 1 aromatic heterocycles. The summed E-state index contributed by atoms with van der Waals surface area (Å²) in [6.45, 7) is 7.13. The van der Waals surface area contributed by atoms with E-state index >= 15 is 0 Å². The molecule has 5 nitrogen and oxygen atoms in total. The van der Waals surface area contributed by atoms with Gasteiger partial charge in [-0.25, -0.2) is 0 Å². The number of H-pyrrole nitrogens is 1. The third-order valence-electron chi connectivity index (χ3n) is 5.21. The molecule has 0 unspecified atom stereocenters. The Labute approximate surface area is 165 Å². The molecule has 0 bridgehead atoms. The van der Waals surface area contributed by atoms with Crippen LogP contribution >= 0.6 is 0 Å². The first-order chi connectivity index (χ1) is 13.5. The van der Waals surface area contributed by atoms with E-state index in [1.807, 2.05) is 56.4 Å². The van der Waals surface area contributed by atoms with Crippen molar-refractivity contribution in [3.8, 4) is 0 Å². The van der Waals surface area contributed by atoms with Gasteiger partial charge in [0.15, 0.2) is 0 Å². The van der Waals surface area contributed by atoms with Gasteiger partial charge in [0.2, 0.25) is 5.91 Å². The zero-order valence-electron chi connectivity index (χ0n) is 16.7. The number of amides is 2. The molecule has 0 atom stereocenters. The average molecular weight is 377 g/mol. The van der Waals surface area contributed by atoms with Gasteiger partial charge in [0.1, 0.15) is 0 Å². The third kappa shape index (κ3) is 4.60. The van der Waals surface area contributed by atoms with E-state index in [0.717, 1.165) is 23.1 Å². The number of aromatic nitrogens is 1. The number of benzene rings is 2. The Balaban J connectivity index is 1.54. The first-order valence-corrected chi connectivity index (χ1v) is 9.61. The molecule has 5 heteroatoms. The van der Waals surface area contributed by atoms with Crippen molar-refractivity contribution in [1.82, 2.24) is 15.2 Å². The lowest BCUT2D eigenvalue weighted by molar-refractivity contribution is -0.128. The van der Waals surface area contributed by atoms with Gasteiger partial charge in [-0.15, -0.1) is 0 Å². The van der Waals surface area contributed by atoms with E-state index in [1.54, 1.807) is 11.8 Å². The zero-order chi connectivity index (χ0) is 20.1. The van der Waals surface area contributed by atoms with Crippen LogP contribution in [0, 0.1) is 13.8 Å². The van der Waals surface area contributed by atoms with Crippen LogP contribution in [-0.4, -0.2) is 41.3 Å². The summed E-state index contributed by atoms with van der Waals surface area (Å²) in [5, 5.41) is 4.10. The van der Waals surface area contributed by atoms with E-state index < -0.39 is 0 Å². The van der Waals surface area contributed by atoms with E-state index in [4.69, 9.17) is 0 Å². The van der Waals surface area contributed by atoms with Crippen molar-refractivity contribution in [3.63, 3.8) is 0 Å². The van der Waals surface area contributed by atoms with Gasteiger partial charge >= 0.3 is 0 Å². The Morgan fingerprint density at radius 3 is 2.57 bits per heavy atom. The van der Waals surface area contributed by atoms with Gasteiger partial charge in [0, 0.05) is 49.2 Å². The maximum Gasteiger partial charge on any atom is 0.251 e. The quantitative estimate of drug-likeness (QED) is 0.661. The number of nitrogens with zero attached hydrogens (tertiary/aromatic N) is 1. The van der Waals surface area contributed by atoms with E-state index in [2.05, 4.69) is 16.4 Å². The number of para-hydroxylation sites is 1. The van der Waals surface area contributed by atoms with Crippen molar-refractivity contribution >= 4 is 22.7 Å². The van der Waals surface area contributed by atoms with Crippen molar-refractivity contribution in [2.24, 2.45) is 0 Å². The fraction of sp³-hybridized carbons (Fsp3) is 0.304. The minimum Gasteiger partial charge on any atom is -0.361 e. The minimum absolute atomic E-state index is 0.0141. The van der Waals surface area contributed by atoms with Gasteiger partial charge in [0.25, 0.3) is 5.91 Å². The lowest BCUT2D eigenvalue weighted by Crippen LogP contribution is -2.38. The summed E-state index contributed by atoms with van der Waals surface area (Å²) < 4.78 is 0. The van der Waals surface area contributed by atoms with E-state index in [-0.39, 0.29) is 11.8 Å². The number of rotatable bonds is 7. The van der Waals surface area contributed by atoms with Crippen LogP contribution in [0.1, 0.15) is 34.0 Å². The van der Waals surface area contributed by atoms with Gasteiger partial charge < -0.3 is 15.2 Å². The van der Waals surface area contributed by atoms with Crippen LogP contribution in [0.5, 0.6) is 0 Å². The number of nitrogens with one attached hydrogen (secondary N) is 2. The highest BCUT2D eigenvalue weighted by Gasteiger charge is 2.12. The average Bonchev–Trinajstić information content (AvgIpc) is 3.09. The normalized spacial score (nSPS) is 10.8. The van der Waals surface area contributed by atoms with Crippen LogP contribution in [0.25, 0.3) is 10.9 Å². The molecule has 2 aromatic carbocycles. The molecule has 0 fully saturated rings. The monoisotopic (exact) mass is 377 g/mol. The van der Waals surface area contributed by atoms with Crippen LogP contribution in [0.2, 0.25) is 0 Å². The Bertz CT molecular complexity index is 990. The molecule has 0 aliphatic heterocycles. The predicted octanol–water partition coefficient (Wildman–Crippen LogP) is 3.61. The molecule has 0 saturated carbocycles. The molecule has 3 aromatic rings. The van der Waals surface area contributed by atoms with E-state index in [0.29, 0.717) is 25.2 Å². The van der Waals surface area contributed by atoms with Crippen molar-refractivity contribution in [2.45, 2.75) is 27.2 Å². The highest BCUT2D eigenvalue weighted by molar-refractivity contribution is 5.94. The van der Waals surface area contributed by atoms with Gasteiger partial charge in [-0.05, 0) is 55.2 Å². The smallest absolute Gasteiger partial charge is 0.251 e. The topological polar surface area (TPSA) is 65.2 Å². The van der Waals surface area contributed by atoms with Crippen LogP contribution < -0.4 is 5.32 Å². The molecule has 2 N–H and O–H groups in total. The predicted molar refractivity (Wildman–Crippen MR) is 113 cm³/mol. The second-order valence-electron chi connectivity index (χ2n) is 7.17. The number of hydrogen-bond acceptors (Lipinski definition) is 2. The Hall–Kier alpha value is -3.08. The van der Waals surface area contributed by atoms with Crippen molar-refractivity contribution in [1.29, 1.82) is 0 Å². The molecular weight excluding hydrogens is 350 g/mol. The number of aryl methyl sites for hydroxylation is 2. The van der Waals surface area contributed by atoms with Crippen molar-refractivity contribution < 1.29 is 9.59 Å². The molecule has 0 saturated heterocycles. The van der Waals surface area contributed by atoms with Gasteiger partial charge in [0.05, 0.1) is 0 Å². The summed E-state index contributed by atoms with van der Waals surface area (Å²) in [5.41, 5.74) is 5.21. The maximum absolute atomic E-state index is 12.3. The Morgan fingerprint density at radius 1 is 1.04 bits per heavy atom. The first kappa shape index (κ1) is 19.7. The summed E-state index contributed by atoms with van der Waals surface area (Å²) in [4.78, 5) is 29.4. The molecule has 3 rings (SSSR count). The van der Waals surface area contributed by atoms with Crippen molar-refractivity contribution in [3.05, 3.63) is 70.9 Å². The van der Waals surface area contributed by atoms with Crippen molar-refractivity contribution in [2.75, 3.05) is 19.6 Å². The summed E-state index contributed by atoms with van der Waals surface area (Å²) in [6, 6.07) is 13.8. The highest BCUT2D eigenvalue weighted by atomic mass is 16.2. The first-order valence-electron chi connectivity index (χ1n) is 9.61. The Kier molecular flexibility index (Phi) is 6.14. The fourth-order valence-corrected chi connectivity index (χ4v) is 3.31. The lowest BCUT2D eigenvalue weighted by Gasteiger charge is -2.21. The molecule has 0 spiro atoms.